The highest BCUT2D eigenvalue weighted by molar-refractivity contribution is 5.82. The van der Waals surface area contributed by atoms with Crippen molar-refractivity contribution < 1.29 is 29.6 Å². The van der Waals surface area contributed by atoms with E-state index in [1.165, 1.54) is 10.9 Å². The molecule has 2 aromatic rings. The van der Waals surface area contributed by atoms with E-state index in [1.54, 1.807) is 6.92 Å². The zero-order chi connectivity index (χ0) is 20.3. The number of nitrogens with zero attached hydrogens (tertiary/aromatic N) is 4. The Morgan fingerprint density at radius 3 is 2.86 bits per heavy atom. The molecule has 0 spiro atoms. The molecule has 150 valence electrons. The number of hydrogen-bond acceptors (Lipinski definition) is 10. The minimum Gasteiger partial charge on any atom is -0.466 e. The predicted octanol–water partition coefficient (Wildman–Crippen LogP) is -1.29. The first kappa shape index (κ1) is 20.0. The normalized spacial score (nSPS) is 24.1. The number of aromatic nitrogens is 4. The van der Waals surface area contributed by atoms with E-state index >= 15 is 0 Å². The number of ether oxygens (including phenoxy) is 2. The fourth-order valence-electron chi connectivity index (χ4n) is 2.83. The third-order valence-electron chi connectivity index (χ3n) is 4.20. The minimum atomic E-state index is -1.29. The molecule has 11 heteroatoms. The van der Waals surface area contributed by atoms with Gasteiger partial charge in [-0.1, -0.05) is 5.92 Å². The average Bonchev–Trinajstić information content (AvgIpc) is 3.21. The van der Waals surface area contributed by atoms with E-state index in [1.807, 2.05) is 0 Å². The highest BCUT2D eigenvalue weighted by Crippen LogP contribution is 2.31. The number of fused-ring (bicyclic) bond motifs is 1. The summed E-state index contributed by atoms with van der Waals surface area (Å²) in [5, 5.41) is 29.4. The highest BCUT2D eigenvalue weighted by Gasteiger charge is 2.44. The Morgan fingerprint density at radius 2 is 2.18 bits per heavy atom. The fourth-order valence-corrected chi connectivity index (χ4v) is 2.83. The van der Waals surface area contributed by atoms with Crippen molar-refractivity contribution in [3.8, 4) is 11.8 Å². The van der Waals surface area contributed by atoms with Crippen molar-refractivity contribution in [3.63, 3.8) is 0 Å². The first-order chi connectivity index (χ1) is 13.5. The lowest BCUT2D eigenvalue weighted by atomic mass is 10.1. The van der Waals surface area contributed by atoms with Crippen LogP contribution in [0.1, 0.15) is 31.8 Å². The van der Waals surface area contributed by atoms with Gasteiger partial charge in [-0.2, -0.15) is 0 Å². The SMILES string of the molecule is CCOC(=O)CCC#Cc1nc(N)c2ncn([C@@H]3O[C@H](CO)C(O)C3O)c2n1. The lowest BCUT2D eigenvalue weighted by molar-refractivity contribution is -0.142. The van der Waals surface area contributed by atoms with E-state index in [0.29, 0.717) is 6.61 Å². The summed E-state index contributed by atoms with van der Waals surface area (Å²) in [7, 11) is 0. The number of nitrogens with two attached hydrogens (primary N) is 1. The second-order valence-electron chi connectivity index (χ2n) is 6.09. The number of nitrogen functional groups attached to an aromatic ring is 1. The third-order valence-corrected chi connectivity index (χ3v) is 4.20. The van der Waals surface area contributed by atoms with Crippen molar-refractivity contribution in [1.29, 1.82) is 0 Å². The lowest BCUT2D eigenvalue weighted by Crippen LogP contribution is -2.33. The van der Waals surface area contributed by atoms with Crippen LogP contribution in [0.3, 0.4) is 0 Å². The number of anilines is 1. The van der Waals surface area contributed by atoms with E-state index in [-0.39, 0.29) is 41.6 Å². The highest BCUT2D eigenvalue weighted by atomic mass is 16.6. The maximum absolute atomic E-state index is 11.3. The van der Waals surface area contributed by atoms with Crippen molar-refractivity contribution in [1.82, 2.24) is 19.5 Å². The molecule has 2 aromatic heterocycles. The molecular formula is C17H21N5O6. The van der Waals surface area contributed by atoms with Crippen molar-refractivity contribution in [3.05, 3.63) is 12.2 Å². The van der Waals surface area contributed by atoms with Crippen LogP contribution < -0.4 is 5.73 Å². The van der Waals surface area contributed by atoms with Gasteiger partial charge in [0.1, 0.15) is 23.8 Å². The maximum Gasteiger partial charge on any atom is 0.306 e. The zero-order valence-corrected chi connectivity index (χ0v) is 15.1. The smallest absolute Gasteiger partial charge is 0.306 e. The van der Waals surface area contributed by atoms with Gasteiger partial charge in [-0.05, 0) is 12.8 Å². The Kier molecular flexibility index (Phi) is 6.05. The van der Waals surface area contributed by atoms with Crippen molar-refractivity contribution >= 4 is 23.0 Å². The number of aliphatic hydroxyl groups excluding tert-OH is 3. The lowest BCUT2D eigenvalue weighted by Gasteiger charge is -2.16. The predicted molar refractivity (Wildman–Crippen MR) is 95.5 cm³/mol. The minimum absolute atomic E-state index is 0.0881. The Morgan fingerprint density at radius 1 is 1.39 bits per heavy atom. The standard InChI is InChI=1S/C17H21N5O6/c1-2-27-11(24)6-4-3-5-10-20-15(18)12-16(21-10)22(8-19-12)17-14(26)13(25)9(7-23)28-17/h8-9,13-14,17,23,25-26H,2,4,6-7H2,1H3,(H2,18,20,21)/t9-,13?,14?,17-/m1/s1. The molecule has 5 N–H and O–H groups in total. The molecule has 1 saturated heterocycles. The first-order valence-electron chi connectivity index (χ1n) is 8.73. The van der Waals surface area contributed by atoms with Crippen molar-refractivity contribution in [2.75, 3.05) is 18.9 Å². The molecular weight excluding hydrogens is 370 g/mol. The van der Waals surface area contributed by atoms with Gasteiger partial charge >= 0.3 is 5.97 Å². The molecule has 0 saturated carbocycles. The summed E-state index contributed by atoms with van der Waals surface area (Å²) < 4.78 is 11.7. The summed E-state index contributed by atoms with van der Waals surface area (Å²) in [6, 6.07) is 0. The monoisotopic (exact) mass is 391 g/mol. The van der Waals surface area contributed by atoms with E-state index in [9.17, 15) is 20.1 Å². The second-order valence-corrected chi connectivity index (χ2v) is 6.09. The molecule has 2 unspecified atom stereocenters. The summed E-state index contributed by atoms with van der Waals surface area (Å²) in [6.07, 6.45) is -2.70. The summed E-state index contributed by atoms with van der Waals surface area (Å²) in [4.78, 5) is 23.8. The van der Waals surface area contributed by atoms with Crippen LogP contribution in [0.15, 0.2) is 6.33 Å². The molecule has 1 aliphatic rings. The van der Waals surface area contributed by atoms with Gasteiger partial charge in [0.2, 0.25) is 5.82 Å². The van der Waals surface area contributed by atoms with E-state index in [2.05, 4.69) is 26.8 Å². The molecule has 1 fully saturated rings. The Hall–Kier alpha value is -2.78. The largest absolute Gasteiger partial charge is 0.466 e. The second kappa shape index (κ2) is 8.49. The molecule has 0 bridgehead atoms. The molecule has 4 atom stereocenters. The average molecular weight is 391 g/mol. The Balaban J connectivity index is 1.85. The van der Waals surface area contributed by atoms with Crippen LogP contribution in [-0.2, 0) is 14.3 Å². The molecule has 0 radical (unpaired) electrons. The van der Waals surface area contributed by atoms with Crippen LogP contribution in [0.2, 0.25) is 0 Å². The molecule has 0 aromatic carbocycles. The molecule has 3 heterocycles. The van der Waals surface area contributed by atoms with Gasteiger partial charge in [0.15, 0.2) is 17.7 Å². The molecule has 1 aliphatic heterocycles. The van der Waals surface area contributed by atoms with Crippen LogP contribution in [0.5, 0.6) is 0 Å². The number of carbonyl (C=O) groups is 1. The van der Waals surface area contributed by atoms with Gasteiger partial charge in [0.05, 0.1) is 26.0 Å². The third kappa shape index (κ3) is 3.90. The fraction of sp³-hybridized carbons (Fsp3) is 0.529. The molecule has 0 aliphatic carbocycles. The molecule has 3 rings (SSSR count). The van der Waals surface area contributed by atoms with Crippen molar-refractivity contribution in [2.24, 2.45) is 0 Å². The van der Waals surface area contributed by atoms with Crippen LogP contribution in [0.4, 0.5) is 5.82 Å². The van der Waals surface area contributed by atoms with Gasteiger partial charge in [-0.3, -0.25) is 9.36 Å². The number of carbonyl (C=O) groups excluding carboxylic acids is 1. The zero-order valence-electron chi connectivity index (χ0n) is 15.1. The van der Waals surface area contributed by atoms with Gasteiger partial charge in [0, 0.05) is 6.42 Å². The number of esters is 1. The van der Waals surface area contributed by atoms with Crippen molar-refractivity contribution in [2.45, 2.75) is 44.3 Å². The van der Waals surface area contributed by atoms with E-state index in [4.69, 9.17) is 15.2 Å². The Bertz CT molecular complexity index is 920. The number of hydrogen-bond donors (Lipinski definition) is 4. The maximum atomic E-state index is 11.3. The first-order valence-corrected chi connectivity index (χ1v) is 8.73. The van der Waals surface area contributed by atoms with Gasteiger partial charge in [-0.25, -0.2) is 15.0 Å². The summed E-state index contributed by atoms with van der Waals surface area (Å²) in [6.45, 7) is 1.59. The number of rotatable bonds is 5. The van der Waals surface area contributed by atoms with Crippen LogP contribution in [0, 0.1) is 11.8 Å². The topological polar surface area (TPSA) is 166 Å². The van der Waals surface area contributed by atoms with Gasteiger partial charge < -0.3 is 30.5 Å². The molecule has 28 heavy (non-hydrogen) atoms. The summed E-state index contributed by atoms with van der Waals surface area (Å²) in [5.41, 5.74) is 6.46. The molecule has 0 amide bonds. The number of imidazole rings is 1. The van der Waals surface area contributed by atoms with Gasteiger partial charge in [-0.15, -0.1) is 0 Å². The van der Waals surface area contributed by atoms with Crippen LogP contribution in [0.25, 0.3) is 11.2 Å². The summed E-state index contributed by atoms with van der Waals surface area (Å²) >= 11 is 0. The quantitative estimate of drug-likeness (QED) is 0.356. The van der Waals surface area contributed by atoms with Crippen LogP contribution in [-0.4, -0.2) is 72.3 Å². The Labute approximate surface area is 160 Å². The number of aliphatic hydroxyl groups is 3. The van der Waals surface area contributed by atoms with Gasteiger partial charge in [0.25, 0.3) is 0 Å². The molecule has 11 nitrogen and oxygen atoms in total. The van der Waals surface area contributed by atoms with E-state index in [0.717, 1.165) is 0 Å². The summed E-state index contributed by atoms with van der Waals surface area (Å²) in [5.74, 6) is 5.37. The van der Waals surface area contributed by atoms with E-state index < -0.39 is 31.1 Å². The van der Waals surface area contributed by atoms with Crippen LogP contribution >= 0.6 is 0 Å².